The first kappa shape index (κ1) is 14.2. The highest BCUT2D eigenvalue weighted by Gasteiger charge is 2.15. The summed E-state index contributed by atoms with van der Waals surface area (Å²) in [5.41, 5.74) is 2.73. The molecule has 1 rings (SSSR count). The molecule has 5 nitrogen and oxygen atoms in total. The van der Waals surface area contributed by atoms with Crippen LogP contribution in [0.15, 0.2) is 18.2 Å². The van der Waals surface area contributed by atoms with Gasteiger partial charge in [0.2, 0.25) is 0 Å². The van der Waals surface area contributed by atoms with Crippen molar-refractivity contribution in [3.05, 3.63) is 29.3 Å². The van der Waals surface area contributed by atoms with E-state index < -0.39 is 17.9 Å². The number of aryl methyl sites for hydroxylation is 2. The molecule has 0 fully saturated rings. The SMILES string of the molecule is Cc1ccc(NC(=O)C(=O)NC(C)CO)cc1C. The Balaban J connectivity index is 2.64. The van der Waals surface area contributed by atoms with Gasteiger partial charge in [0.1, 0.15) is 0 Å². The lowest BCUT2D eigenvalue weighted by molar-refractivity contribution is -0.136. The summed E-state index contributed by atoms with van der Waals surface area (Å²) in [6, 6.07) is 4.97. The van der Waals surface area contributed by atoms with Gasteiger partial charge in [-0.05, 0) is 44.0 Å². The number of hydrogen-bond acceptors (Lipinski definition) is 3. The molecule has 98 valence electrons. The van der Waals surface area contributed by atoms with Crippen molar-refractivity contribution >= 4 is 17.5 Å². The van der Waals surface area contributed by atoms with Crippen molar-refractivity contribution in [3.8, 4) is 0 Å². The van der Waals surface area contributed by atoms with Gasteiger partial charge in [-0.2, -0.15) is 0 Å². The second-order valence-electron chi connectivity index (χ2n) is 4.31. The highest BCUT2D eigenvalue weighted by molar-refractivity contribution is 6.39. The van der Waals surface area contributed by atoms with Crippen molar-refractivity contribution in [1.82, 2.24) is 5.32 Å². The monoisotopic (exact) mass is 250 g/mol. The molecule has 1 aromatic carbocycles. The minimum Gasteiger partial charge on any atom is -0.394 e. The van der Waals surface area contributed by atoms with Crippen molar-refractivity contribution in [3.63, 3.8) is 0 Å². The standard InChI is InChI=1S/C13H18N2O3/c1-8-4-5-11(6-9(8)2)15-13(18)12(17)14-10(3)7-16/h4-6,10,16H,7H2,1-3H3,(H,14,17)(H,15,18). The summed E-state index contributed by atoms with van der Waals surface area (Å²) >= 11 is 0. The number of carbonyl (C=O) groups is 2. The third-order valence-corrected chi connectivity index (χ3v) is 2.62. The van der Waals surface area contributed by atoms with Crippen LogP contribution in [0.5, 0.6) is 0 Å². The van der Waals surface area contributed by atoms with E-state index in [0.717, 1.165) is 11.1 Å². The lowest BCUT2D eigenvalue weighted by Gasteiger charge is -2.11. The summed E-state index contributed by atoms with van der Waals surface area (Å²) in [5.74, 6) is -1.49. The fraction of sp³-hybridized carbons (Fsp3) is 0.385. The summed E-state index contributed by atoms with van der Waals surface area (Å²) < 4.78 is 0. The smallest absolute Gasteiger partial charge is 0.313 e. The van der Waals surface area contributed by atoms with Gasteiger partial charge in [0.05, 0.1) is 6.61 Å². The normalized spacial score (nSPS) is 11.8. The first-order chi connectivity index (χ1) is 8.43. The Labute approximate surface area is 106 Å². The van der Waals surface area contributed by atoms with Crippen LogP contribution in [-0.4, -0.2) is 29.6 Å². The Morgan fingerprint density at radius 3 is 2.44 bits per heavy atom. The van der Waals surface area contributed by atoms with Gasteiger partial charge in [-0.15, -0.1) is 0 Å². The molecule has 0 saturated carbocycles. The van der Waals surface area contributed by atoms with Gasteiger partial charge >= 0.3 is 11.8 Å². The van der Waals surface area contributed by atoms with E-state index in [-0.39, 0.29) is 6.61 Å². The van der Waals surface area contributed by atoms with Gasteiger partial charge in [-0.3, -0.25) is 9.59 Å². The summed E-state index contributed by atoms with van der Waals surface area (Å²) in [4.78, 5) is 23.0. The Kier molecular flexibility index (Phi) is 4.85. The zero-order valence-corrected chi connectivity index (χ0v) is 10.8. The average molecular weight is 250 g/mol. The van der Waals surface area contributed by atoms with Crippen molar-refractivity contribution in [1.29, 1.82) is 0 Å². The second kappa shape index (κ2) is 6.16. The molecular formula is C13H18N2O3. The molecule has 0 aliphatic rings. The van der Waals surface area contributed by atoms with Crippen LogP contribution in [0.1, 0.15) is 18.1 Å². The van der Waals surface area contributed by atoms with Crippen LogP contribution in [0.3, 0.4) is 0 Å². The Morgan fingerprint density at radius 1 is 1.22 bits per heavy atom. The van der Waals surface area contributed by atoms with Gasteiger partial charge < -0.3 is 15.7 Å². The van der Waals surface area contributed by atoms with Crippen LogP contribution in [-0.2, 0) is 9.59 Å². The first-order valence-corrected chi connectivity index (χ1v) is 5.74. The maximum absolute atomic E-state index is 11.6. The number of hydrogen-bond donors (Lipinski definition) is 3. The molecule has 18 heavy (non-hydrogen) atoms. The number of carbonyl (C=O) groups excluding carboxylic acids is 2. The van der Waals surface area contributed by atoms with Gasteiger partial charge in [0.15, 0.2) is 0 Å². The number of amides is 2. The lowest BCUT2D eigenvalue weighted by Crippen LogP contribution is -2.42. The molecule has 0 aliphatic carbocycles. The number of anilines is 1. The fourth-order valence-electron chi connectivity index (χ4n) is 1.34. The van der Waals surface area contributed by atoms with Crippen LogP contribution in [0, 0.1) is 13.8 Å². The van der Waals surface area contributed by atoms with E-state index in [1.54, 1.807) is 19.1 Å². The Hall–Kier alpha value is -1.88. The molecule has 0 heterocycles. The Morgan fingerprint density at radius 2 is 1.89 bits per heavy atom. The van der Waals surface area contributed by atoms with E-state index in [4.69, 9.17) is 5.11 Å². The zero-order valence-electron chi connectivity index (χ0n) is 10.8. The molecule has 0 aliphatic heterocycles. The number of aliphatic hydroxyl groups excluding tert-OH is 1. The molecule has 0 saturated heterocycles. The number of aliphatic hydroxyl groups is 1. The minimum absolute atomic E-state index is 0.206. The third kappa shape index (κ3) is 3.85. The molecule has 0 radical (unpaired) electrons. The van der Waals surface area contributed by atoms with Crippen molar-refractivity contribution in [2.45, 2.75) is 26.8 Å². The largest absolute Gasteiger partial charge is 0.394 e. The van der Waals surface area contributed by atoms with Crippen LogP contribution in [0.25, 0.3) is 0 Å². The van der Waals surface area contributed by atoms with Gasteiger partial charge in [0.25, 0.3) is 0 Å². The summed E-state index contributed by atoms with van der Waals surface area (Å²) in [7, 11) is 0. The molecule has 0 bridgehead atoms. The van der Waals surface area contributed by atoms with Crippen LogP contribution >= 0.6 is 0 Å². The van der Waals surface area contributed by atoms with Crippen LogP contribution < -0.4 is 10.6 Å². The maximum atomic E-state index is 11.6. The molecule has 1 aromatic rings. The second-order valence-corrected chi connectivity index (χ2v) is 4.31. The van der Waals surface area contributed by atoms with E-state index in [2.05, 4.69) is 10.6 Å². The molecule has 0 spiro atoms. The summed E-state index contributed by atoms with van der Waals surface area (Å²) in [6.07, 6.45) is 0. The quantitative estimate of drug-likeness (QED) is 0.692. The fourth-order valence-corrected chi connectivity index (χ4v) is 1.34. The van der Waals surface area contributed by atoms with Crippen molar-refractivity contribution in [2.75, 3.05) is 11.9 Å². The van der Waals surface area contributed by atoms with Gasteiger partial charge in [0, 0.05) is 11.7 Å². The summed E-state index contributed by atoms with van der Waals surface area (Å²) in [6.45, 7) is 5.30. The Bertz CT molecular complexity index is 458. The molecule has 1 atom stereocenters. The molecule has 0 aromatic heterocycles. The average Bonchev–Trinajstić information content (AvgIpc) is 2.33. The highest BCUT2D eigenvalue weighted by atomic mass is 16.3. The van der Waals surface area contributed by atoms with Crippen LogP contribution in [0.2, 0.25) is 0 Å². The van der Waals surface area contributed by atoms with E-state index in [0.29, 0.717) is 5.69 Å². The van der Waals surface area contributed by atoms with E-state index >= 15 is 0 Å². The van der Waals surface area contributed by atoms with E-state index in [1.165, 1.54) is 0 Å². The van der Waals surface area contributed by atoms with Gasteiger partial charge in [-0.1, -0.05) is 6.07 Å². The molecule has 3 N–H and O–H groups in total. The molecule has 2 amide bonds. The zero-order chi connectivity index (χ0) is 13.7. The predicted octanol–water partition coefficient (Wildman–Crippen LogP) is 0.739. The number of benzene rings is 1. The topological polar surface area (TPSA) is 78.4 Å². The van der Waals surface area contributed by atoms with Crippen molar-refractivity contribution in [2.24, 2.45) is 0 Å². The molecule has 1 unspecified atom stereocenters. The predicted molar refractivity (Wildman–Crippen MR) is 69.2 cm³/mol. The van der Waals surface area contributed by atoms with Crippen molar-refractivity contribution < 1.29 is 14.7 Å². The van der Waals surface area contributed by atoms with E-state index in [1.807, 2.05) is 19.9 Å². The lowest BCUT2D eigenvalue weighted by atomic mass is 10.1. The molecular weight excluding hydrogens is 232 g/mol. The first-order valence-electron chi connectivity index (χ1n) is 5.74. The third-order valence-electron chi connectivity index (χ3n) is 2.62. The number of rotatable bonds is 3. The van der Waals surface area contributed by atoms with Gasteiger partial charge in [-0.25, -0.2) is 0 Å². The highest BCUT2D eigenvalue weighted by Crippen LogP contribution is 2.13. The summed E-state index contributed by atoms with van der Waals surface area (Å²) in [5, 5.41) is 13.7. The van der Waals surface area contributed by atoms with Crippen LogP contribution in [0.4, 0.5) is 5.69 Å². The number of nitrogens with one attached hydrogen (secondary N) is 2. The maximum Gasteiger partial charge on any atom is 0.313 e. The van der Waals surface area contributed by atoms with E-state index in [9.17, 15) is 9.59 Å². The minimum atomic E-state index is -0.755. The molecule has 5 heteroatoms.